The number of carbonyl (C=O) groups excluding carboxylic acids is 1. The summed E-state index contributed by atoms with van der Waals surface area (Å²) < 4.78 is 2.98. The van der Waals surface area contributed by atoms with Crippen molar-refractivity contribution in [3.63, 3.8) is 0 Å². The van der Waals surface area contributed by atoms with E-state index in [1.165, 1.54) is 0 Å². The number of benzene rings is 1. The first kappa shape index (κ1) is 14.0. The minimum Gasteiger partial charge on any atom is -0.322 e. The third kappa shape index (κ3) is 2.76. The van der Waals surface area contributed by atoms with Crippen LogP contribution in [0.1, 0.15) is 21.7 Å². The number of aromatic nitrogens is 3. The molecule has 1 amide bonds. The van der Waals surface area contributed by atoms with Gasteiger partial charge in [0.2, 0.25) is 0 Å². The zero-order valence-electron chi connectivity index (χ0n) is 11.6. The molecule has 0 fully saturated rings. The highest BCUT2D eigenvalue weighted by Gasteiger charge is 2.10. The highest BCUT2D eigenvalue weighted by atomic mass is 127. The lowest BCUT2D eigenvalue weighted by Gasteiger charge is -2.09. The van der Waals surface area contributed by atoms with Crippen LogP contribution in [0.15, 0.2) is 36.5 Å². The highest BCUT2D eigenvalue weighted by Crippen LogP contribution is 2.19. The predicted molar refractivity (Wildman–Crippen MR) is 89.6 cm³/mol. The van der Waals surface area contributed by atoms with Crippen molar-refractivity contribution in [2.45, 2.75) is 13.8 Å². The number of amides is 1. The molecule has 106 valence electrons. The Hall–Kier alpha value is -1.96. The van der Waals surface area contributed by atoms with E-state index in [0.717, 1.165) is 20.6 Å². The zero-order chi connectivity index (χ0) is 15.0. The van der Waals surface area contributed by atoms with Crippen molar-refractivity contribution in [3.05, 3.63) is 57.1 Å². The summed E-state index contributed by atoms with van der Waals surface area (Å²) in [7, 11) is 0. The number of rotatable bonds is 2. The summed E-state index contributed by atoms with van der Waals surface area (Å²) in [6, 6.07) is 9.41. The number of hydrogen-bond acceptors (Lipinski definition) is 3. The van der Waals surface area contributed by atoms with E-state index in [2.05, 4.69) is 38.1 Å². The van der Waals surface area contributed by atoms with Gasteiger partial charge in [0.25, 0.3) is 5.91 Å². The van der Waals surface area contributed by atoms with E-state index < -0.39 is 0 Å². The van der Waals surface area contributed by atoms with Crippen molar-refractivity contribution in [1.82, 2.24) is 14.6 Å². The monoisotopic (exact) mass is 392 g/mol. The summed E-state index contributed by atoms with van der Waals surface area (Å²) >= 11 is 2.25. The Morgan fingerprint density at radius 3 is 2.76 bits per heavy atom. The summed E-state index contributed by atoms with van der Waals surface area (Å²) in [6.45, 7) is 3.84. The first-order chi connectivity index (χ1) is 10.0. The molecule has 0 aliphatic carbocycles. The molecular weight excluding hydrogens is 379 g/mol. The molecule has 0 radical (unpaired) electrons. The lowest BCUT2D eigenvalue weighted by Crippen LogP contribution is -2.13. The van der Waals surface area contributed by atoms with Gasteiger partial charge in [-0.25, -0.2) is 0 Å². The molecule has 0 atom stereocenters. The van der Waals surface area contributed by atoms with Gasteiger partial charge in [-0.05, 0) is 72.3 Å². The molecule has 0 aliphatic heterocycles. The Bertz CT molecular complexity index is 841. The van der Waals surface area contributed by atoms with Gasteiger partial charge in [0.15, 0.2) is 5.65 Å². The van der Waals surface area contributed by atoms with Crippen molar-refractivity contribution < 1.29 is 4.79 Å². The van der Waals surface area contributed by atoms with E-state index in [9.17, 15) is 4.79 Å². The first-order valence-electron chi connectivity index (χ1n) is 6.43. The third-order valence-corrected chi connectivity index (χ3v) is 3.95. The molecule has 3 aromatic rings. The number of nitrogens with one attached hydrogen (secondary N) is 1. The van der Waals surface area contributed by atoms with E-state index >= 15 is 0 Å². The second kappa shape index (κ2) is 5.44. The van der Waals surface area contributed by atoms with E-state index in [-0.39, 0.29) is 5.91 Å². The summed E-state index contributed by atoms with van der Waals surface area (Å²) in [5, 5.41) is 10.9. The van der Waals surface area contributed by atoms with Crippen LogP contribution in [0.3, 0.4) is 0 Å². The lowest BCUT2D eigenvalue weighted by atomic mass is 10.2. The topological polar surface area (TPSA) is 59.3 Å². The summed E-state index contributed by atoms with van der Waals surface area (Å²) in [6.07, 6.45) is 1.81. The fourth-order valence-corrected chi connectivity index (χ4v) is 2.76. The number of hydrogen-bond donors (Lipinski definition) is 1. The van der Waals surface area contributed by atoms with E-state index in [1.807, 2.05) is 36.4 Å². The zero-order valence-corrected chi connectivity index (χ0v) is 13.7. The molecule has 2 heterocycles. The first-order valence-corrected chi connectivity index (χ1v) is 7.51. The minimum atomic E-state index is -0.150. The van der Waals surface area contributed by atoms with Gasteiger partial charge in [-0.1, -0.05) is 0 Å². The quantitative estimate of drug-likeness (QED) is 0.682. The average molecular weight is 392 g/mol. The van der Waals surface area contributed by atoms with Crippen LogP contribution < -0.4 is 5.32 Å². The number of fused-ring (bicyclic) bond motifs is 1. The molecule has 0 spiro atoms. The Morgan fingerprint density at radius 2 is 2.00 bits per heavy atom. The van der Waals surface area contributed by atoms with Crippen molar-refractivity contribution in [2.24, 2.45) is 0 Å². The van der Waals surface area contributed by atoms with Gasteiger partial charge in [-0.3, -0.25) is 9.20 Å². The van der Waals surface area contributed by atoms with Crippen LogP contribution in [0.5, 0.6) is 0 Å². The Balaban J connectivity index is 1.89. The molecule has 6 heteroatoms. The molecule has 1 aromatic carbocycles. The van der Waals surface area contributed by atoms with Gasteiger partial charge in [0, 0.05) is 21.0 Å². The molecule has 2 aromatic heterocycles. The predicted octanol–water partition coefficient (Wildman–Crippen LogP) is 3.20. The summed E-state index contributed by atoms with van der Waals surface area (Å²) in [4.78, 5) is 12.3. The van der Waals surface area contributed by atoms with Gasteiger partial charge in [0.1, 0.15) is 5.82 Å². The molecular formula is C15H13IN4O. The molecule has 0 saturated heterocycles. The fourth-order valence-electron chi connectivity index (χ4n) is 2.11. The number of pyridine rings is 1. The van der Waals surface area contributed by atoms with Crippen LogP contribution in [0.2, 0.25) is 0 Å². The van der Waals surface area contributed by atoms with Crippen LogP contribution in [0.4, 0.5) is 5.69 Å². The van der Waals surface area contributed by atoms with Crippen molar-refractivity contribution >= 4 is 39.8 Å². The van der Waals surface area contributed by atoms with Gasteiger partial charge < -0.3 is 5.32 Å². The maximum Gasteiger partial charge on any atom is 0.255 e. The van der Waals surface area contributed by atoms with Crippen LogP contribution in [-0.2, 0) is 0 Å². The summed E-state index contributed by atoms with van der Waals surface area (Å²) in [5.41, 5.74) is 3.08. The molecule has 1 N–H and O–H groups in total. The van der Waals surface area contributed by atoms with Gasteiger partial charge in [-0.15, -0.1) is 10.2 Å². The maximum absolute atomic E-state index is 12.3. The van der Waals surface area contributed by atoms with Crippen LogP contribution in [-0.4, -0.2) is 20.5 Å². The molecule has 0 unspecified atom stereocenters. The average Bonchev–Trinajstić information content (AvgIpc) is 2.83. The number of anilines is 1. The van der Waals surface area contributed by atoms with E-state index in [1.54, 1.807) is 18.3 Å². The molecule has 0 bridgehead atoms. The SMILES string of the molecule is Cc1cc(I)ccc1NC(=O)c1ccn2c(C)nnc2c1. The van der Waals surface area contributed by atoms with Crippen molar-refractivity contribution in [3.8, 4) is 0 Å². The van der Waals surface area contributed by atoms with Crippen molar-refractivity contribution in [2.75, 3.05) is 5.32 Å². The molecule has 5 nitrogen and oxygen atoms in total. The van der Waals surface area contributed by atoms with Crippen LogP contribution >= 0.6 is 22.6 Å². The second-order valence-corrected chi connectivity index (χ2v) is 6.05. The van der Waals surface area contributed by atoms with E-state index in [4.69, 9.17) is 0 Å². The second-order valence-electron chi connectivity index (χ2n) is 4.80. The largest absolute Gasteiger partial charge is 0.322 e. The third-order valence-electron chi connectivity index (χ3n) is 3.28. The number of carbonyl (C=O) groups is 1. The maximum atomic E-state index is 12.3. The standard InChI is InChI=1S/C15H13IN4O/c1-9-7-12(16)3-4-13(9)17-15(21)11-5-6-20-10(2)18-19-14(20)8-11/h3-8H,1-2H3,(H,17,21). The molecule has 0 aliphatic rings. The smallest absolute Gasteiger partial charge is 0.255 e. The lowest BCUT2D eigenvalue weighted by molar-refractivity contribution is 0.102. The summed E-state index contributed by atoms with van der Waals surface area (Å²) in [5.74, 6) is 0.646. The van der Waals surface area contributed by atoms with Gasteiger partial charge in [-0.2, -0.15) is 0 Å². The minimum absolute atomic E-state index is 0.150. The Morgan fingerprint density at radius 1 is 1.19 bits per heavy atom. The Labute approximate surface area is 135 Å². The Kier molecular flexibility index (Phi) is 3.62. The van der Waals surface area contributed by atoms with Gasteiger partial charge in [0.05, 0.1) is 0 Å². The van der Waals surface area contributed by atoms with Crippen molar-refractivity contribution in [1.29, 1.82) is 0 Å². The van der Waals surface area contributed by atoms with Gasteiger partial charge >= 0.3 is 0 Å². The van der Waals surface area contributed by atoms with Crippen LogP contribution in [0.25, 0.3) is 5.65 Å². The van der Waals surface area contributed by atoms with E-state index in [0.29, 0.717) is 11.2 Å². The number of aryl methyl sites for hydroxylation is 2. The molecule has 3 rings (SSSR count). The number of nitrogens with zero attached hydrogens (tertiary/aromatic N) is 3. The molecule has 0 saturated carbocycles. The normalized spacial score (nSPS) is 10.8. The molecule has 21 heavy (non-hydrogen) atoms. The fraction of sp³-hybridized carbons (Fsp3) is 0.133. The van der Waals surface area contributed by atoms with Crippen LogP contribution in [0, 0.1) is 17.4 Å². The number of halogens is 1. The highest BCUT2D eigenvalue weighted by molar-refractivity contribution is 14.1.